The van der Waals surface area contributed by atoms with Gasteiger partial charge < -0.3 is 14.4 Å². The van der Waals surface area contributed by atoms with Crippen LogP contribution in [0, 0.1) is 0 Å². The molecular formula is C17H16ClNO5S. The lowest BCUT2D eigenvalue weighted by Crippen LogP contribution is -2.21. The van der Waals surface area contributed by atoms with Crippen LogP contribution in [0.1, 0.15) is 33.5 Å². The Kier molecular flexibility index (Phi) is 6.27. The minimum absolute atomic E-state index is 0.0162. The first-order valence-electron chi connectivity index (χ1n) is 7.36. The highest BCUT2D eigenvalue weighted by Gasteiger charge is 2.26. The van der Waals surface area contributed by atoms with Crippen molar-refractivity contribution < 1.29 is 24.2 Å². The van der Waals surface area contributed by atoms with Crippen LogP contribution in [0.3, 0.4) is 0 Å². The zero-order chi connectivity index (χ0) is 18.6. The topological polar surface area (TPSA) is 85.6 Å². The highest BCUT2D eigenvalue weighted by atomic mass is 35.5. The molecule has 2 rings (SSSR count). The molecule has 0 unspecified atom stereocenters. The predicted octanol–water partition coefficient (Wildman–Crippen LogP) is 3.41. The van der Waals surface area contributed by atoms with E-state index in [-0.39, 0.29) is 18.0 Å². The van der Waals surface area contributed by atoms with Crippen molar-refractivity contribution in [1.82, 2.24) is 4.57 Å². The van der Waals surface area contributed by atoms with E-state index in [4.69, 9.17) is 16.3 Å². The van der Waals surface area contributed by atoms with Gasteiger partial charge >= 0.3 is 11.9 Å². The van der Waals surface area contributed by atoms with Gasteiger partial charge in [0.2, 0.25) is 0 Å². The molecule has 25 heavy (non-hydrogen) atoms. The fraction of sp³-hybridized carbons (Fsp3) is 0.235. The molecule has 0 atom stereocenters. The molecule has 0 aliphatic rings. The Morgan fingerprint density at radius 3 is 2.60 bits per heavy atom. The summed E-state index contributed by atoms with van der Waals surface area (Å²) in [6.07, 6.45) is 0. The first-order chi connectivity index (χ1) is 11.8. The largest absolute Gasteiger partial charge is 0.477 e. The number of Topliss-reactive ketones (excluding diaryl/α,β-unsaturated/α-hetero) is 1. The zero-order valence-corrected chi connectivity index (χ0v) is 15.2. The van der Waals surface area contributed by atoms with Gasteiger partial charge in [-0.25, -0.2) is 9.59 Å². The third-order valence-corrected chi connectivity index (χ3v) is 4.68. The molecule has 0 saturated heterocycles. The number of hydrogen-bond donors (Lipinski definition) is 1. The molecule has 0 saturated carbocycles. The Bertz CT molecular complexity index is 830. The third-order valence-electron chi connectivity index (χ3n) is 3.40. The first kappa shape index (κ1) is 19.1. The molecular weight excluding hydrogens is 366 g/mol. The molecule has 0 fully saturated rings. The Balaban J connectivity index is 2.31. The number of thioether (sulfide) groups is 1. The highest BCUT2D eigenvalue weighted by Crippen LogP contribution is 2.28. The van der Waals surface area contributed by atoms with Gasteiger partial charge in [0.15, 0.2) is 0 Å². The first-order valence-corrected chi connectivity index (χ1v) is 8.73. The summed E-state index contributed by atoms with van der Waals surface area (Å²) >= 11 is 7.32. The van der Waals surface area contributed by atoms with Gasteiger partial charge in [0.1, 0.15) is 5.69 Å². The fourth-order valence-electron chi connectivity index (χ4n) is 2.29. The number of carbonyl (C=O) groups excluding carboxylic acids is 2. The molecule has 132 valence electrons. The molecule has 2 aromatic rings. The quantitative estimate of drug-likeness (QED) is 0.342. The number of halogens is 1. The normalized spacial score (nSPS) is 10.5. The van der Waals surface area contributed by atoms with E-state index in [1.54, 1.807) is 25.1 Å². The van der Waals surface area contributed by atoms with Crippen molar-refractivity contribution in [3.8, 4) is 0 Å². The van der Waals surface area contributed by atoms with E-state index in [9.17, 15) is 19.5 Å². The van der Waals surface area contributed by atoms with Crippen molar-refractivity contribution in [3.63, 3.8) is 0 Å². The van der Waals surface area contributed by atoms with Crippen LogP contribution in [0.15, 0.2) is 35.2 Å². The van der Waals surface area contributed by atoms with Crippen molar-refractivity contribution in [2.45, 2.75) is 17.6 Å². The highest BCUT2D eigenvalue weighted by molar-refractivity contribution is 7.98. The number of benzene rings is 1. The standard InChI is InChI=1S/C17H16ClNO5S/c1-3-24-17(23)15(20)13-7-10(14(16(21)22)19(13)2)9-25-12-6-4-5-11(18)8-12/h4-8H,3,9H2,1-2H3,(H,21,22). The number of carboxylic acids is 1. The number of rotatable bonds is 7. The number of nitrogens with zero attached hydrogens (tertiary/aromatic N) is 1. The summed E-state index contributed by atoms with van der Waals surface area (Å²) in [4.78, 5) is 36.2. The fourth-order valence-corrected chi connectivity index (χ4v) is 3.48. The van der Waals surface area contributed by atoms with Crippen LogP contribution in [0.25, 0.3) is 0 Å². The van der Waals surface area contributed by atoms with Crippen LogP contribution >= 0.6 is 23.4 Å². The minimum atomic E-state index is -1.17. The zero-order valence-electron chi connectivity index (χ0n) is 13.6. The van der Waals surface area contributed by atoms with Crippen LogP contribution in [0.4, 0.5) is 0 Å². The van der Waals surface area contributed by atoms with E-state index in [2.05, 4.69) is 0 Å². The summed E-state index contributed by atoms with van der Waals surface area (Å²) in [6.45, 7) is 1.66. The summed E-state index contributed by atoms with van der Waals surface area (Å²) in [5.74, 6) is -2.74. The van der Waals surface area contributed by atoms with Gasteiger partial charge in [0.05, 0.1) is 12.3 Å². The van der Waals surface area contributed by atoms with Crippen LogP contribution in [-0.2, 0) is 22.3 Å². The van der Waals surface area contributed by atoms with E-state index in [1.807, 2.05) is 6.07 Å². The van der Waals surface area contributed by atoms with Crippen LogP contribution in [-0.4, -0.2) is 34.0 Å². The van der Waals surface area contributed by atoms with Crippen molar-refractivity contribution in [1.29, 1.82) is 0 Å². The monoisotopic (exact) mass is 381 g/mol. The Morgan fingerprint density at radius 1 is 1.28 bits per heavy atom. The van der Waals surface area contributed by atoms with E-state index in [1.165, 1.54) is 29.4 Å². The van der Waals surface area contributed by atoms with Crippen LogP contribution in [0.5, 0.6) is 0 Å². The molecule has 0 bridgehead atoms. The lowest BCUT2D eigenvalue weighted by molar-refractivity contribution is -0.137. The smallest absolute Gasteiger partial charge is 0.381 e. The maximum Gasteiger partial charge on any atom is 0.381 e. The van der Waals surface area contributed by atoms with Gasteiger partial charge in [0.25, 0.3) is 5.78 Å². The van der Waals surface area contributed by atoms with Gasteiger partial charge in [-0.1, -0.05) is 17.7 Å². The molecule has 0 aliphatic carbocycles. The maximum absolute atomic E-state index is 12.1. The molecule has 0 radical (unpaired) electrons. The second kappa shape index (κ2) is 8.22. The third kappa shape index (κ3) is 4.43. The number of carbonyl (C=O) groups is 3. The molecule has 0 aliphatic heterocycles. The van der Waals surface area contributed by atoms with Crippen LogP contribution in [0.2, 0.25) is 5.02 Å². The van der Waals surface area contributed by atoms with E-state index < -0.39 is 17.7 Å². The number of aromatic carboxylic acids is 1. The van der Waals surface area contributed by atoms with Gasteiger partial charge in [-0.15, -0.1) is 11.8 Å². The summed E-state index contributed by atoms with van der Waals surface area (Å²) in [5, 5.41) is 10.0. The number of hydrogen-bond acceptors (Lipinski definition) is 5. The molecule has 8 heteroatoms. The number of ketones is 1. The molecule has 1 N–H and O–H groups in total. The van der Waals surface area contributed by atoms with Crippen molar-refractivity contribution >= 4 is 41.1 Å². The summed E-state index contributed by atoms with van der Waals surface area (Å²) in [7, 11) is 1.43. The SMILES string of the molecule is CCOC(=O)C(=O)c1cc(CSc2cccc(Cl)c2)c(C(=O)O)n1C. The minimum Gasteiger partial charge on any atom is -0.477 e. The second-order valence-electron chi connectivity index (χ2n) is 5.06. The van der Waals surface area contributed by atoms with E-state index in [0.29, 0.717) is 16.3 Å². The van der Waals surface area contributed by atoms with Gasteiger partial charge in [-0.05, 0) is 36.8 Å². The summed E-state index contributed by atoms with van der Waals surface area (Å²) in [5.41, 5.74) is 0.382. The number of aromatic nitrogens is 1. The Hall–Kier alpha value is -2.25. The Morgan fingerprint density at radius 2 is 2.00 bits per heavy atom. The lowest BCUT2D eigenvalue weighted by Gasteiger charge is -2.05. The second-order valence-corrected chi connectivity index (χ2v) is 6.55. The average Bonchev–Trinajstić information content (AvgIpc) is 2.89. The maximum atomic E-state index is 12.1. The summed E-state index contributed by atoms with van der Waals surface area (Å²) < 4.78 is 5.90. The van der Waals surface area contributed by atoms with Gasteiger partial charge in [0, 0.05) is 22.7 Å². The van der Waals surface area contributed by atoms with Crippen molar-refractivity contribution in [2.24, 2.45) is 7.05 Å². The van der Waals surface area contributed by atoms with Gasteiger partial charge in [-0.3, -0.25) is 4.79 Å². The molecule has 1 aromatic heterocycles. The van der Waals surface area contributed by atoms with Crippen LogP contribution < -0.4 is 0 Å². The molecule has 6 nitrogen and oxygen atoms in total. The number of carboxylic acid groups (broad SMARTS) is 1. The number of esters is 1. The number of ether oxygens (including phenoxy) is 1. The van der Waals surface area contributed by atoms with E-state index >= 15 is 0 Å². The summed E-state index contributed by atoms with van der Waals surface area (Å²) in [6, 6.07) is 8.57. The lowest BCUT2D eigenvalue weighted by atomic mass is 10.2. The predicted molar refractivity (Wildman–Crippen MR) is 94.3 cm³/mol. The van der Waals surface area contributed by atoms with E-state index in [0.717, 1.165) is 4.90 Å². The molecule has 0 spiro atoms. The molecule has 1 aromatic carbocycles. The molecule has 0 amide bonds. The van der Waals surface area contributed by atoms with Crippen molar-refractivity contribution in [2.75, 3.05) is 6.61 Å². The average molecular weight is 382 g/mol. The van der Waals surface area contributed by atoms with Gasteiger partial charge in [-0.2, -0.15) is 0 Å². The molecule has 1 heterocycles. The Labute approximate surface area is 153 Å². The van der Waals surface area contributed by atoms with Crippen molar-refractivity contribution in [3.05, 3.63) is 52.3 Å².